The van der Waals surface area contributed by atoms with Gasteiger partial charge in [0.1, 0.15) is 23.8 Å². The summed E-state index contributed by atoms with van der Waals surface area (Å²) in [6, 6.07) is 3.47. The number of aromatic nitrogens is 3. The highest BCUT2D eigenvalue weighted by Crippen LogP contribution is 2.41. The molecule has 0 bridgehead atoms. The van der Waals surface area contributed by atoms with Crippen molar-refractivity contribution in [1.82, 2.24) is 14.8 Å². The lowest BCUT2D eigenvalue weighted by Gasteiger charge is -2.11. The second kappa shape index (κ2) is 6.34. The Labute approximate surface area is 150 Å². The van der Waals surface area contributed by atoms with Crippen molar-refractivity contribution < 1.29 is 13.5 Å². The summed E-state index contributed by atoms with van der Waals surface area (Å²) in [5, 5.41) is 9.19. The second-order valence-electron chi connectivity index (χ2n) is 7.23. The molecule has 3 aromatic rings. The number of aryl methyl sites for hydroxylation is 1. The molecule has 1 aliphatic rings. The predicted molar refractivity (Wildman–Crippen MR) is 95.0 cm³/mol. The minimum absolute atomic E-state index is 0.0248. The monoisotopic (exact) mass is 357 g/mol. The molecule has 0 radical (unpaired) electrons. The quantitative estimate of drug-likeness (QED) is 0.672. The van der Waals surface area contributed by atoms with Crippen LogP contribution in [0.3, 0.4) is 0 Å². The van der Waals surface area contributed by atoms with Gasteiger partial charge in [-0.3, -0.25) is 0 Å². The van der Waals surface area contributed by atoms with Gasteiger partial charge in [0.25, 0.3) is 5.88 Å². The summed E-state index contributed by atoms with van der Waals surface area (Å²) in [6.45, 7) is 7.31. The molecule has 4 rings (SSSR count). The molecule has 6 heteroatoms. The average Bonchev–Trinajstić information content (AvgIpc) is 3.26. The maximum atomic E-state index is 13.9. The fourth-order valence-corrected chi connectivity index (χ4v) is 3.46. The highest BCUT2D eigenvalue weighted by atomic mass is 19.1. The third kappa shape index (κ3) is 2.93. The van der Waals surface area contributed by atoms with Gasteiger partial charge in [0.05, 0.1) is 6.20 Å². The van der Waals surface area contributed by atoms with Crippen LogP contribution in [0.5, 0.6) is 5.88 Å². The SMILES string of the molecule is Cc1c(C)n(CC2CC2C)c2c(OCc3ccc(F)cc3F)nncc12. The Morgan fingerprint density at radius 1 is 1.27 bits per heavy atom. The largest absolute Gasteiger partial charge is 0.470 e. The Morgan fingerprint density at radius 3 is 2.73 bits per heavy atom. The lowest BCUT2D eigenvalue weighted by atomic mass is 10.2. The summed E-state index contributed by atoms with van der Waals surface area (Å²) in [5.74, 6) is 0.557. The molecule has 2 unspecified atom stereocenters. The first-order chi connectivity index (χ1) is 12.5. The van der Waals surface area contributed by atoms with Crippen LogP contribution in [0.25, 0.3) is 10.9 Å². The summed E-state index contributed by atoms with van der Waals surface area (Å²) in [7, 11) is 0. The number of ether oxygens (including phenoxy) is 1. The summed E-state index contributed by atoms with van der Waals surface area (Å²) in [4.78, 5) is 0. The molecule has 1 aromatic carbocycles. The Bertz CT molecular complexity index is 983. The lowest BCUT2D eigenvalue weighted by Crippen LogP contribution is -2.07. The average molecular weight is 357 g/mol. The zero-order valence-electron chi connectivity index (χ0n) is 15.1. The molecule has 0 spiro atoms. The molecule has 0 amide bonds. The van der Waals surface area contributed by atoms with E-state index in [1.54, 1.807) is 6.20 Å². The van der Waals surface area contributed by atoms with Crippen LogP contribution in [0.1, 0.15) is 30.2 Å². The summed E-state index contributed by atoms with van der Waals surface area (Å²) in [6.07, 6.45) is 2.98. The van der Waals surface area contributed by atoms with Gasteiger partial charge in [0.2, 0.25) is 0 Å². The van der Waals surface area contributed by atoms with E-state index >= 15 is 0 Å². The van der Waals surface area contributed by atoms with Crippen LogP contribution >= 0.6 is 0 Å². The number of benzene rings is 1. The summed E-state index contributed by atoms with van der Waals surface area (Å²) in [5.41, 5.74) is 3.51. The highest BCUT2D eigenvalue weighted by molar-refractivity contribution is 5.88. The predicted octanol–water partition coefficient (Wildman–Crippen LogP) is 4.56. The molecule has 136 valence electrons. The van der Waals surface area contributed by atoms with Crippen LogP contribution < -0.4 is 4.74 Å². The van der Waals surface area contributed by atoms with Crippen LogP contribution in [-0.2, 0) is 13.2 Å². The van der Waals surface area contributed by atoms with E-state index in [1.807, 2.05) is 0 Å². The molecule has 0 saturated heterocycles. The number of rotatable bonds is 5. The number of nitrogens with zero attached hydrogens (tertiary/aromatic N) is 3. The number of hydrogen-bond donors (Lipinski definition) is 0. The van der Waals surface area contributed by atoms with Crippen molar-refractivity contribution in [2.75, 3.05) is 0 Å². The van der Waals surface area contributed by atoms with E-state index in [9.17, 15) is 8.78 Å². The van der Waals surface area contributed by atoms with Crippen molar-refractivity contribution in [2.45, 2.75) is 40.3 Å². The molecule has 0 aliphatic heterocycles. The van der Waals surface area contributed by atoms with Gasteiger partial charge in [-0.15, -0.1) is 5.10 Å². The van der Waals surface area contributed by atoms with E-state index in [0.717, 1.165) is 35.0 Å². The molecule has 2 heterocycles. The Balaban J connectivity index is 1.69. The van der Waals surface area contributed by atoms with Crippen LogP contribution in [0, 0.1) is 37.3 Å². The molecule has 2 atom stereocenters. The molecular weight excluding hydrogens is 336 g/mol. The third-order valence-corrected chi connectivity index (χ3v) is 5.49. The third-order valence-electron chi connectivity index (χ3n) is 5.49. The maximum Gasteiger partial charge on any atom is 0.258 e. The molecule has 2 aromatic heterocycles. The van der Waals surface area contributed by atoms with Crippen molar-refractivity contribution in [3.8, 4) is 5.88 Å². The molecular formula is C20H21F2N3O. The summed E-state index contributed by atoms with van der Waals surface area (Å²) < 4.78 is 35.0. The Morgan fingerprint density at radius 2 is 2.04 bits per heavy atom. The second-order valence-corrected chi connectivity index (χ2v) is 7.23. The van der Waals surface area contributed by atoms with Crippen molar-refractivity contribution in [1.29, 1.82) is 0 Å². The zero-order chi connectivity index (χ0) is 18.4. The summed E-state index contributed by atoms with van der Waals surface area (Å²) >= 11 is 0. The molecule has 4 nitrogen and oxygen atoms in total. The molecule has 1 aliphatic carbocycles. The van der Waals surface area contributed by atoms with Gasteiger partial charge in [-0.2, -0.15) is 5.10 Å². The first-order valence-corrected chi connectivity index (χ1v) is 8.83. The minimum Gasteiger partial charge on any atom is -0.470 e. The van der Waals surface area contributed by atoms with Gasteiger partial charge < -0.3 is 9.30 Å². The minimum atomic E-state index is -0.625. The maximum absolute atomic E-state index is 13.9. The van der Waals surface area contributed by atoms with Crippen molar-refractivity contribution >= 4 is 10.9 Å². The topological polar surface area (TPSA) is 39.9 Å². The molecule has 1 fully saturated rings. The normalized spacial score (nSPS) is 19.1. The standard InChI is InChI=1S/C20H21F2N3O/c1-11-6-15(11)9-25-13(3)12(2)17-8-23-24-20(19(17)25)26-10-14-4-5-16(21)7-18(14)22/h4-5,7-8,11,15H,6,9-10H2,1-3H3. The van der Waals surface area contributed by atoms with E-state index in [-0.39, 0.29) is 12.2 Å². The van der Waals surface area contributed by atoms with Crippen molar-refractivity contribution in [3.05, 3.63) is 52.9 Å². The fourth-order valence-electron chi connectivity index (χ4n) is 3.46. The van der Waals surface area contributed by atoms with E-state index in [4.69, 9.17) is 4.74 Å². The van der Waals surface area contributed by atoms with Crippen molar-refractivity contribution in [2.24, 2.45) is 11.8 Å². The van der Waals surface area contributed by atoms with Gasteiger partial charge in [-0.1, -0.05) is 6.92 Å². The molecule has 0 N–H and O–H groups in total. The van der Waals surface area contributed by atoms with E-state index in [0.29, 0.717) is 11.8 Å². The highest BCUT2D eigenvalue weighted by Gasteiger charge is 2.34. The zero-order valence-corrected chi connectivity index (χ0v) is 15.1. The van der Waals surface area contributed by atoms with Crippen LogP contribution in [0.2, 0.25) is 0 Å². The van der Waals surface area contributed by atoms with Gasteiger partial charge in [0.15, 0.2) is 0 Å². The smallest absolute Gasteiger partial charge is 0.258 e. The first kappa shape index (κ1) is 16.9. The fraction of sp³-hybridized carbons (Fsp3) is 0.400. The van der Waals surface area contributed by atoms with Crippen LogP contribution in [-0.4, -0.2) is 14.8 Å². The van der Waals surface area contributed by atoms with Gasteiger partial charge >= 0.3 is 0 Å². The van der Waals surface area contributed by atoms with E-state index < -0.39 is 11.6 Å². The number of halogens is 2. The first-order valence-electron chi connectivity index (χ1n) is 8.83. The van der Waals surface area contributed by atoms with Gasteiger partial charge in [-0.25, -0.2) is 8.78 Å². The number of fused-ring (bicyclic) bond motifs is 1. The lowest BCUT2D eigenvalue weighted by molar-refractivity contribution is 0.286. The van der Waals surface area contributed by atoms with E-state index in [2.05, 4.69) is 35.5 Å². The van der Waals surface area contributed by atoms with Crippen LogP contribution in [0.4, 0.5) is 8.78 Å². The molecule has 1 saturated carbocycles. The van der Waals surface area contributed by atoms with Crippen LogP contribution in [0.15, 0.2) is 24.4 Å². The Kier molecular flexibility index (Phi) is 4.13. The van der Waals surface area contributed by atoms with Crippen molar-refractivity contribution in [3.63, 3.8) is 0 Å². The van der Waals surface area contributed by atoms with Gasteiger partial charge in [0, 0.05) is 29.3 Å². The number of hydrogen-bond acceptors (Lipinski definition) is 3. The van der Waals surface area contributed by atoms with Gasteiger partial charge in [-0.05, 0) is 49.8 Å². The Hall–Kier alpha value is -2.50. The van der Waals surface area contributed by atoms with E-state index in [1.165, 1.54) is 24.2 Å². The molecule has 26 heavy (non-hydrogen) atoms.